The van der Waals surface area contributed by atoms with E-state index in [0.717, 1.165) is 68.4 Å². The van der Waals surface area contributed by atoms with Gasteiger partial charge in [0.25, 0.3) is 0 Å². The number of nitrogens with one attached hydrogen (secondary N) is 1. The smallest absolute Gasteiger partial charge is 0.236 e. The molecule has 0 aromatic carbocycles. The van der Waals surface area contributed by atoms with E-state index in [-0.39, 0.29) is 12.0 Å². The summed E-state index contributed by atoms with van der Waals surface area (Å²) < 4.78 is 5.47. The quantitative estimate of drug-likeness (QED) is 0.720. The monoisotopic (exact) mass is 407 g/mol. The van der Waals surface area contributed by atoms with Crippen molar-refractivity contribution in [1.29, 1.82) is 0 Å². The molecule has 1 unspecified atom stereocenters. The molecule has 2 fully saturated rings. The summed E-state index contributed by atoms with van der Waals surface area (Å²) in [6, 6.07) is 4.26. The third-order valence-corrected chi connectivity index (χ3v) is 6.77. The predicted molar refractivity (Wildman–Crippen MR) is 116 cm³/mol. The first kappa shape index (κ1) is 19.5. The van der Waals surface area contributed by atoms with Crippen LogP contribution in [0.5, 0.6) is 0 Å². The second-order valence-electron chi connectivity index (χ2n) is 8.55. The summed E-state index contributed by atoms with van der Waals surface area (Å²) in [5, 5.41) is 2.36. The average Bonchev–Trinajstić information content (AvgIpc) is 3.28. The van der Waals surface area contributed by atoms with Gasteiger partial charge in [-0.2, -0.15) is 0 Å². The van der Waals surface area contributed by atoms with Gasteiger partial charge in [0.1, 0.15) is 0 Å². The van der Waals surface area contributed by atoms with Crippen LogP contribution in [0.25, 0.3) is 21.9 Å². The molecule has 2 aliphatic rings. The van der Waals surface area contributed by atoms with E-state index in [1.165, 1.54) is 10.9 Å². The number of fused-ring (bicyclic) bond motifs is 3. The van der Waals surface area contributed by atoms with Crippen molar-refractivity contribution in [3.05, 3.63) is 36.3 Å². The number of nitrogens with zero attached hydrogens (tertiary/aromatic N) is 4. The zero-order valence-electron chi connectivity index (χ0n) is 17.5. The molecule has 1 N–H and O–H groups in total. The van der Waals surface area contributed by atoms with E-state index in [1.807, 2.05) is 23.5 Å². The van der Waals surface area contributed by atoms with Crippen LogP contribution in [0, 0.1) is 0 Å². The summed E-state index contributed by atoms with van der Waals surface area (Å²) in [6.07, 6.45) is 10.1. The molecule has 2 aliphatic heterocycles. The largest absolute Gasteiger partial charge is 0.380 e. The molecular weight excluding hydrogens is 378 g/mol. The molecule has 3 aromatic heterocycles. The molecule has 0 saturated carbocycles. The lowest BCUT2D eigenvalue weighted by molar-refractivity contribution is -0.136. The highest BCUT2D eigenvalue weighted by molar-refractivity contribution is 6.05. The van der Waals surface area contributed by atoms with Gasteiger partial charge in [-0.05, 0) is 62.4 Å². The number of amides is 1. The van der Waals surface area contributed by atoms with Crippen molar-refractivity contribution in [2.75, 3.05) is 39.8 Å². The molecule has 30 heavy (non-hydrogen) atoms. The zero-order valence-corrected chi connectivity index (χ0v) is 17.5. The summed E-state index contributed by atoms with van der Waals surface area (Å²) in [7, 11) is 1.74. The van der Waals surface area contributed by atoms with Crippen molar-refractivity contribution >= 4 is 27.8 Å². The van der Waals surface area contributed by atoms with Gasteiger partial charge in [-0.1, -0.05) is 0 Å². The molecule has 2 saturated heterocycles. The molecule has 1 amide bonds. The predicted octanol–water partition coefficient (Wildman–Crippen LogP) is 2.93. The second-order valence-corrected chi connectivity index (χ2v) is 8.55. The van der Waals surface area contributed by atoms with Crippen molar-refractivity contribution in [1.82, 2.24) is 24.8 Å². The Hall–Kier alpha value is -2.51. The highest BCUT2D eigenvalue weighted by Gasteiger charge is 2.28. The number of hydrogen-bond donors (Lipinski definition) is 1. The lowest BCUT2D eigenvalue weighted by Crippen LogP contribution is -2.48. The first-order valence-corrected chi connectivity index (χ1v) is 11.0. The molecule has 5 rings (SSSR count). The van der Waals surface area contributed by atoms with Crippen molar-refractivity contribution < 1.29 is 9.53 Å². The average molecular weight is 408 g/mol. The van der Waals surface area contributed by atoms with Crippen molar-refractivity contribution in [2.45, 2.75) is 37.7 Å². The molecule has 0 bridgehead atoms. The van der Waals surface area contributed by atoms with Crippen molar-refractivity contribution in [3.8, 4) is 0 Å². The zero-order chi connectivity index (χ0) is 20.5. The van der Waals surface area contributed by atoms with Gasteiger partial charge in [0, 0.05) is 43.4 Å². The van der Waals surface area contributed by atoms with Gasteiger partial charge in [0.15, 0.2) is 5.65 Å². The third kappa shape index (κ3) is 3.68. The molecular formula is C23H29N5O2. The van der Waals surface area contributed by atoms with Gasteiger partial charge in [0.2, 0.25) is 5.91 Å². The van der Waals surface area contributed by atoms with Gasteiger partial charge >= 0.3 is 0 Å². The summed E-state index contributed by atoms with van der Waals surface area (Å²) >= 11 is 0. The molecule has 7 nitrogen and oxygen atoms in total. The van der Waals surface area contributed by atoms with Crippen molar-refractivity contribution in [3.63, 3.8) is 0 Å². The number of piperidine rings is 2. The fraction of sp³-hybridized carbons (Fsp3) is 0.522. The van der Waals surface area contributed by atoms with E-state index in [4.69, 9.17) is 4.74 Å². The molecule has 5 heterocycles. The highest BCUT2D eigenvalue weighted by Crippen LogP contribution is 2.35. The summed E-state index contributed by atoms with van der Waals surface area (Å²) in [4.78, 5) is 29.2. The minimum Gasteiger partial charge on any atom is -0.380 e. The number of aromatic amines is 1. The van der Waals surface area contributed by atoms with Crippen LogP contribution in [-0.2, 0) is 9.53 Å². The number of rotatable bonds is 4. The first-order valence-electron chi connectivity index (χ1n) is 11.0. The van der Waals surface area contributed by atoms with E-state index >= 15 is 0 Å². The Balaban J connectivity index is 1.26. The molecule has 3 aromatic rings. The van der Waals surface area contributed by atoms with Gasteiger partial charge in [-0.25, -0.2) is 9.97 Å². The Bertz CT molecular complexity index is 1040. The summed E-state index contributed by atoms with van der Waals surface area (Å²) in [5.74, 6) is 0.729. The number of carbonyl (C=O) groups excluding carboxylic acids is 1. The van der Waals surface area contributed by atoms with Gasteiger partial charge in [-0.15, -0.1) is 0 Å². The number of methoxy groups -OCH3 is 1. The normalized spacial score (nSPS) is 21.5. The molecule has 0 radical (unpaired) electrons. The second kappa shape index (κ2) is 8.32. The molecule has 7 heteroatoms. The van der Waals surface area contributed by atoms with Crippen LogP contribution in [-0.4, -0.2) is 76.6 Å². The van der Waals surface area contributed by atoms with Crippen molar-refractivity contribution in [2.24, 2.45) is 0 Å². The SMILES string of the molecule is COC1CCCN(C(=O)CN2CCC(c3cc[nH]c4cnc5nccc5c34)CC2)C1. The van der Waals surface area contributed by atoms with Gasteiger partial charge < -0.3 is 14.6 Å². The topological polar surface area (TPSA) is 74.3 Å². The van der Waals surface area contributed by atoms with E-state index in [1.54, 1.807) is 7.11 Å². The van der Waals surface area contributed by atoms with Crippen LogP contribution in [0.3, 0.4) is 0 Å². The van der Waals surface area contributed by atoms with Crippen LogP contribution >= 0.6 is 0 Å². The number of hydrogen-bond acceptors (Lipinski definition) is 5. The third-order valence-electron chi connectivity index (χ3n) is 6.77. The van der Waals surface area contributed by atoms with Crippen LogP contribution in [0.4, 0.5) is 0 Å². The van der Waals surface area contributed by atoms with E-state index in [2.05, 4.69) is 32.0 Å². The Morgan fingerprint density at radius 1 is 1.20 bits per heavy atom. The Morgan fingerprint density at radius 2 is 2.07 bits per heavy atom. The maximum Gasteiger partial charge on any atom is 0.236 e. The number of ether oxygens (including phenoxy) is 1. The molecule has 0 spiro atoms. The van der Waals surface area contributed by atoms with Crippen LogP contribution < -0.4 is 0 Å². The van der Waals surface area contributed by atoms with Gasteiger partial charge in [0.05, 0.1) is 24.4 Å². The number of aromatic nitrogens is 3. The maximum absolute atomic E-state index is 12.8. The Morgan fingerprint density at radius 3 is 2.90 bits per heavy atom. The van der Waals surface area contributed by atoms with Crippen LogP contribution in [0.15, 0.2) is 30.7 Å². The highest BCUT2D eigenvalue weighted by atomic mass is 16.5. The number of pyridine rings is 2. The fourth-order valence-electron chi connectivity index (χ4n) is 5.08. The lowest BCUT2D eigenvalue weighted by atomic mass is 9.87. The molecule has 1 atom stereocenters. The lowest BCUT2D eigenvalue weighted by Gasteiger charge is -2.36. The molecule has 158 valence electrons. The van der Waals surface area contributed by atoms with Crippen LogP contribution in [0.1, 0.15) is 37.2 Å². The number of H-pyrrole nitrogens is 1. The molecule has 0 aliphatic carbocycles. The minimum absolute atomic E-state index is 0.189. The number of carbonyl (C=O) groups is 1. The van der Waals surface area contributed by atoms with E-state index < -0.39 is 0 Å². The fourth-order valence-corrected chi connectivity index (χ4v) is 5.08. The Labute approximate surface area is 176 Å². The van der Waals surface area contributed by atoms with Gasteiger partial charge in [-0.3, -0.25) is 9.69 Å². The maximum atomic E-state index is 12.8. The van der Waals surface area contributed by atoms with E-state index in [0.29, 0.717) is 12.5 Å². The Kier molecular flexibility index (Phi) is 5.39. The minimum atomic E-state index is 0.189. The summed E-state index contributed by atoms with van der Waals surface area (Å²) in [5.41, 5.74) is 3.24. The standard InChI is InChI=1S/C23H29N5O2/c1-30-17-3-2-10-28(14-17)21(29)15-27-11-6-16(7-12-27)18-4-8-24-20-13-26-23-19(22(18)20)5-9-25-23/h4-5,8-9,13,16-17,24H,2-3,6-7,10-12,14-15H2,1H3. The number of likely N-dealkylation sites (tertiary alicyclic amines) is 2. The summed E-state index contributed by atoms with van der Waals surface area (Å²) in [6.45, 7) is 4.01. The first-order chi connectivity index (χ1) is 14.7. The van der Waals surface area contributed by atoms with Crippen LogP contribution in [0.2, 0.25) is 0 Å². The van der Waals surface area contributed by atoms with E-state index in [9.17, 15) is 4.79 Å².